The SMILES string of the molecule is COc1c(C)c2c(c(O)c1C/C=C(\C)CCC(=O)OC[C@@H]1O[C@H](n3cnc4c(N)ncnc43)[C@@H](O)[C@H]1O)C(=O)OC2. The highest BCUT2D eigenvalue weighted by Crippen LogP contribution is 2.42. The van der Waals surface area contributed by atoms with Crippen LogP contribution in [0.3, 0.4) is 0 Å². The van der Waals surface area contributed by atoms with Gasteiger partial charge in [-0.25, -0.2) is 19.7 Å². The van der Waals surface area contributed by atoms with E-state index in [9.17, 15) is 24.9 Å². The van der Waals surface area contributed by atoms with Gasteiger partial charge in [0.05, 0.1) is 13.4 Å². The van der Waals surface area contributed by atoms with Gasteiger partial charge in [-0.2, -0.15) is 0 Å². The van der Waals surface area contributed by atoms with Gasteiger partial charge in [-0.1, -0.05) is 11.6 Å². The Bertz CT molecular complexity index is 1540. The highest BCUT2D eigenvalue weighted by atomic mass is 16.6. The fourth-order valence-corrected chi connectivity index (χ4v) is 5.11. The van der Waals surface area contributed by atoms with Crippen LogP contribution in [0.25, 0.3) is 11.2 Å². The van der Waals surface area contributed by atoms with Crippen LogP contribution in [-0.2, 0) is 32.0 Å². The third kappa shape index (κ3) is 5.16. The number of carbonyl (C=O) groups is 2. The van der Waals surface area contributed by atoms with Crippen LogP contribution in [0.4, 0.5) is 5.82 Å². The molecule has 1 saturated heterocycles. The summed E-state index contributed by atoms with van der Waals surface area (Å²) in [7, 11) is 1.50. The molecule has 5 N–H and O–H groups in total. The van der Waals surface area contributed by atoms with E-state index in [0.29, 0.717) is 34.5 Å². The van der Waals surface area contributed by atoms with Gasteiger partial charge in [-0.3, -0.25) is 9.36 Å². The summed E-state index contributed by atoms with van der Waals surface area (Å²) in [5.41, 5.74) is 9.30. The predicted molar refractivity (Wildman–Crippen MR) is 142 cm³/mol. The molecule has 0 amide bonds. The Kier molecular flexibility index (Phi) is 7.80. The molecule has 0 radical (unpaired) electrons. The lowest BCUT2D eigenvalue weighted by atomic mass is 9.94. The molecule has 0 saturated carbocycles. The van der Waals surface area contributed by atoms with Crippen molar-refractivity contribution in [3.05, 3.63) is 46.6 Å². The Morgan fingerprint density at radius 3 is 2.78 bits per heavy atom. The number of nitrogens with two attached hydrogens (primary N) is 1. The van der Waals surface area contributed by atoms with Gasteiger partial charge < -0.3 is 40.0 Å². The number of hydrogen-bond acceptors (Lipinski definition) is 13. The molecule has 1 fully saturated rings. The number of methoxy groups -OCH3 is 1. The Balaban J connectivity index is 1.16. The normalized spacial score (nSPS) is 22.2. The molecule has 3 aromatic rings. The summed E-state index contributed by atoms with van der Waals surface area (Å²) in [5.74, 6) is -0.599. The quantitative estimate of drug-likeness (QED) is 0.212. The Labute approximate surface area is 234 Å². The first-order chi connectivity index (χ1) is 19.6. The van der Waals surface area contributed by atoms with Gasteiger partial charge in [0.15, 0.2) is 17.7 Å². The van der Waals surface area contributed by atoms with Gasteiger partial charge in [-0.05, 0) is 32.3 Å². The fourth-order valence-electron chi connectivity index (χ4n) is 5.11. The summed E-state index contributed by atoms with van der Waals surface area (Å²) in [6.07, 6.45) is 0.543. The molecule has 0 spiro atoms. The van der Waals surface area contributed by atoms with Gasteiger partial charge in [-0.15, -0.1) is 0 Å². The number of carbonyl (C=O) groups excluding carboxylic acids is 2. The van der Waals surface area contributed by atoms with Crippen LogP contribution in [0.15, 0.2) is 24.3 Å². The number of rotatable bonds is 9. The maximum absolute atomic E-state index is 12.4. The molecule has 2 aliphatic heterocycles. The lowest BCUT2D eigenvalue weighted by Gasteiger charge is -2.16. The van der Waals surface area contributed by atoms with Crippen molar-refractivity contribution < 1.29 is 43.9 Å². The number of nitrogens with zero attached hydrogens (tertiary/aromatic N) is 4. The number of allylic oxidation sites excluding steroid dienone is 2. The van der Waals surface area contributed by atoms with Gasteiger partial charge in [0.2, 0.25) is 0 Å². The van der Waals surface area contributed by atoms with E-state index in [2.05, 4.69) is 15.0 Å². The third-order valence-corrected chi connectivity index (χ3v) is 7.43. The first-order valence-corrected chi connectivity index (χ1v) is 13.0. The van der Waals surface area contributed by atoms with Gasteiger partial charge in [0, 0.05) is 17.5 Å². The van der Waals surface area contributed by atoms with Gasteiger partial charge in [0.25, 0.3) is 0 Å². The van der Waals surface area contributed by atoms with Gasteiger partial charge in [0.1, 0.15) is 60.4 Å². The summed E-state index contributed by atoms with van der Waals surface area (Å²) in [4.78, 5) is 36.7. The lowest BCUT2D eigenvalue weighted by molar-refractivity contribution is -0.150. The molecule has 0 bridgehead atoms. The van der Waals surface area contributed by atoms with Crippen molar-refractivity contribution in [2.45, 2.75) is 64.3 Å². The smallest absolute Gasteiger partial charge is 0.342 e. The molecule has 4 heterocycles. The maximum Gasteiger partial charge on any atom is 0.342 e. The minimum absolute atomic E-state index is 0.0537. The zero-order valence-corrected chi connectivity index (χ0v) is 22.7. The standard InChI is InChI=1S/C27H31N5O9/c1-12(4-6-14-20(34)18-15(8-40-27(18)37)13(2)23(14)38-3)5-7-17(33)39-9-16-21(35)22(36)26(41-16)32-11-31-19-24(28)29-10-30-25(19)32/h4,10-11,16,21-22,26,34-36H,5-9H2,1-3H3,(H2,28,29,30)/b12-4+/t16-,21-,22-,26-/m0/s1. The van der Waals surface area contributed by atoms with Crippen LogP contribution in [0.2, 0.25) is 0 Å². The zero-order valence-electron chi connectivity index (χ0n) is 22.7. The number of fused-ring (bicyclic) bond motifs is 2. The van der Waals surface area contributed by atoms with Crippen molar-refractivity contribution in [3.63, 3.8) is 0 Å². The molecular formula is C27H31N5O9. The van der Waals surface area contributed by atoms with Crippen molar-refractivity contribution in [2.75, 3.05) is 19.5 Å². The summed E-state index contributed by atoms with van der Waals surface area (Å²) in [6, 6.07) is 0. The minimum Gasteiger partial charge on any atom is -0.507 e. The van der Waals surface area contributed by atoms with E-state index in [1.54, 1.807) is 0 Å². The Hall–Kier alpha value is -4.27. The molecule has 14 nitrogen and oxygen atoms in total. The predicted octanol–water partition coefficient (Wildman–Crippen LogP) is 1.23. The molecule has 218 valence electrons. The summed E-state index contributed by atoms with van der Waals surface area (Å²) in [6.45, 7) is 3.47. The lowest BCUT2D eigenvalue weighted by Crippen LogP contribution is -2.34. The summed E-state index contributed by atoms with van der Waals surface area (Å²) < 4.78 is 23.1. The number of aromatic hydroxyl groups is 1. The average Bonchev–Trinajstić information content (AvgIpc) is 3.64. The van der Waals surface area contributed by atoms with Crippen LogP contribution >= 0.6 is 0 Å². The van der Waals surface area contributed by atoms with Crippen LogP contribution in [0.1, 0.15) is 53.0 Å². The third-order valence-electron chi connectivity index (χ3n) is 7.43. The van der Waals surface area contributed by atoms with Crippen LogP contribution in [0.5, 0.6) is 11.5 Å². The summed E-state index contributed by atoms with van der Waals surface area (Å²) in [5, 5.41) is 31.8. The number of aliphatic hydroxyl groups excluding tert-OH is 2. The Morgan fingerprint density at radius 2 is 2.02 bits per heavy atom. The fraction of sp³-hybridized carbons (Fsp3) is 0.444. The second-order valence-electron chi connectivity index (χ2n) is 9.98. The largest absolute Gasteiger partial charge is 0.507 e. The van der Waals surface area contributed by atoms with Crippen LogP contribution in [0, 0.1) is 6.92 Å². The number of aliphatic hydroxyl groups is 2. The number of esters is 2. The Morgan fingerprint density at radius 1 is 1.24 bits per heavy atom. The summed E-state index contributed by atoms with van der Waals surface area (Å²) >= 11 is 0. The van der Waals surface area contributed by atoms with E-state index < -0.39 is 36.5 Å². The van der Waals surface area contributed by atoms with E-state index in [4.69, 9.17) is 24.7 Å². The van der Waals surface area contributed by atoms with Gasteiger partial charge >= 0.3 is 11.9 Å². The van der Waals surface area contributed by atoms with Crippen molar-refractivity contribution in [2.24, 2.45) is 0 Å². The van der Waals surface area contributed by atoms with E-state index in [-0.39, 0.29) is 43.2 Å². The second-order valence-corrected chi connectivity index (χ2v) is 9.98. The van der Waals surface area contributed by atoms with Crippen LogP contribution < -0.4 is 10.5 Å². The highest BCUT2D eigenvalue weighted by Gasteiger charge is 2.45. The number of benzene rings is 1. The van der Waals surface area contributed by atoms with E-state index >= 15 is 0 Å². The highest BCUT2D eigenvalue weighted by molar-refractivity contribution is 5.98. The monoisotopic (exact) mass is 569 g/mol. The zero-order chi connectivity index (χ0) is 29.4. The number of hydrogen-bond donors (Lipinski definition) is 4. The van der Waals surface area contributed by atoms with Crippen molar-refractivity contribution in [1.29, 1.82) is 0 Å². The number of anilines is 1. The first kappa shape index (κ1) is 28.3. The molecule has 4 atom stereocenters. The average molecular weight is 570 g/mol. The molecule has 2 aliphatic rings. The second kappa shape index (κ2) is 11.3. The van der Waals surface area contributed by atoms with Crippen LogP contribution in [-0.4, -0.2) is 78.8 Å². The number of ether oxygens (including phenoxy) is 4. The molecule has 0 aliphatic carbocycles. The van der Waals surface area contributed by atoms with Crippen molar-refractivity contribution in [1.82, 2.24) is 19.5 Å². The number of phenols is 1. The maximum atomic E-state index is 12.4. The topological polar surface area (TPSA) is 201 Å². The molecular weight excluding hydrogens is 538 g/mol. The first-order valence-electron chi connectivity index (χ1n) is 13.0. The van der Waals surface area contributed by atoms with E-state index in [1.807, 2.05) is 19.9 Å². The number of cyclic esters (lactones) is 1. The molecule has 14 heteroatoms. The number of imidazole rings is 1. The van der Waals surface area contributed by atoms with E-state index in [1.165, 1.54) is 24.3 Å². The van der Waals surface area contributed by atoms with Crippen molar-refractivity contribution in [3.8, 4) is 11.5 Å². The molecule has 5 rings (SSSR count). The molecule has 2 aromatic heterocycles. The number of nitrogen functional groups attached to an aromatic ring is 1. The van der Waals surface area contributed by atoms with Crippen molar-refractivity contribution >= 4 is 28.9 Å². The molecule has 1 aromatic carbocycles. The molecule has 41 heavy (non-hydrogen) atoms. The number of aromatic nitrogens is 4. The minimum atomic E-state index is -1.32. The molecule has 0 unspecified atom stereocenters. The number of phenolic OH excluding ortho intramolecular Hbond substituents is 1. The van der Waals surface area contributed by atoms with E-state index in [0.717, 1.165) is 11.1 Å².